The topological polar surface area (TPSA) is 32.3 Å². The van der Waals surface area contributed by atoms with Gasteiger partial charge in [-0.1, -0.05) is 65.7 Å². The molecule has 0 fully saturated rings. The van der Waals surface area contributed by atoms with Gasteiger partial charge in [-0.2, -0.15) is 0 Å². The van der Waals surface area contributed by atoms with Gasteiger partial charge in [0.1, 0.15) is 0 Å². The molecule has 0 spiro atoms. The van der Waals surface area contributed by atoms with E-state index in [1.165, 1.54) is 51.4 Å². The minimum absolute atomic E-state index is 0.168. The maximum Gasteiger partial charge on any atom is 0.0667 e. The van der Waals surface area contributed by atoms with Crippen molar-refractivity contribution in [3.05, 3.63) is 0 Å². The number of aliphatic hydroxyl groups excluding tert-OH is 1. The lowest BCUT2D eigenvalue weighted by molar-refractivity contribution is 0.146. The maximum absolute atomic E-state index is 9.68. The summed E-state index contributed by atoms with van der Waals surface area (Å²) in [5.74, 6) is 0.588. The maximum atomic E-state index is 9.68. The normalized spacial score (nSPS) is 13.2. The number of rotatable bonds is 13. The standard InChI is InChI=1S/C16H35NO/c1-4-5-6-7-8-9-10-11-12-17-14-16(18)13-15(2)3/h15-18H,4-14H2,1-3H3. The van der Waals surface area contributed by atoms with Gasteiger partial charge in [-0.15, -0.1) is 0 Å². The Morgan fingerprint density at radius 3 is 2.00 bits per heavy atom. The van der Waals surface area contributed by atoms with Crippen molar-refractivity contribution in [3.63, 3.8) is 0 Å². The van der Waals surface area contributed by atoms with Crippen LogP contribution in [0.15, 0.2) is 0 Å². The van der Waals surface area contributed by atoms with E-state index in [-0.39, 0.29) is 6.10 Å². The van der Waals surface area contributed by atoms with Gasteiger partial charge in [0.05, 0.1) is 6.10 Å². The van der Waals surface area contributed by atoms with E-state index in [4.69, 9.17) is 0 Å². The van der Waals surface area contributed by atoms with Gasteiger partial charge >= 0.3 is 0 Å². The lowest BCUT2D eigenvalue weighted by Gasteiger charge is -2.13. The molecular weight excluding hydrogens is 222 g/mol. The molecule has 0 aromatic heterocycles. The SMILES string of the molecule is CCCCCCCCCCNCC(O)CC(C)C. The Morgan fingerprint density at radius 1 is 0.889 bits per heavy atom. The van der Waals surface area contributed by atoms with E-state index < -0.39 is 0 Å². The molecule has 0 aromatic rings. The van der Waals surface area contributed by atoms with Gasteiger partial charge < -0.3 is 10.4 Å². The lowest BCUT2D eigenvalue weighted by Crippen LogP contribution is -2.28. The molecule has 0 radical (unpaired) electrons. The van der Waals surface area contributed by atoms with Crippen LogP contribution in [0.2, 0.25) is 0 Å². The van der Waals surface area contributed by atoms with Crippen LogP contribution in [0.3, 0.4) is 0 Å². The first-order valence-corrected chi connectivity index (χ1v) is 8.05. The Labute approximate surface area is 115 Å². The first-order chi connectivity index (χ1) is 8.66. The molecule has 2 heteroatoms. The van der Waals surface area contributed by atoms with Crippen molar-refractivity contribution in [2.45, 2.75) is 84.7 Å². The molecule has 0 aliphatic heterocycles. The molecule has 0 rings (SSSR count). The molecule has 0 saturated carbocycles. The highest BCUT2D eigenvalue weighted by molar-refractivity contribution is 4.61. The first kappa shape index (κ1) is 17.9. The minimum atomic E-state index is -0.168. The highest BCUT2D eigenvalue weighted by Gasteiger charge is 2.05. The minimum Gasteiger partial charge on any atom is -0.392 e. The fourth-order valence-corrected chi connectivity index (χ4v) is 2.28. The fourth-order valence-electron chi connectivity index (χ4n) is 2.28. The summed E-state index contributed by atoms with van der Waals surface area (Å²) in [7, 11) is 0. The van der Waals surface area contributed by atoms with E-state index in [0.29, 0.717) is 5.92 Å². The fraction of sp³-hybridized carbons (Fsp3) is 1.00. The third-order valence-corrected chi connectivity index (χ3v) is 3.33. The molecule has 0 aliphatic rings. The number of nitrogens with one attached hydrogen (secondary N) is 1. The second-order valence-electron chi connectivity index (χ2n) is 5.96. The van der Waals surface area contributed by atoms with E-state index in [1.807, 2.05) is 0 Å². The van der Waals surface area contributed by atoms with Gasteiger partial charge in [0, 0.05) is 6.54 Å². The third kappa shape index (κ3) is 14.0. The van der Waals surface area contributed by atoms with Gasteiger partial charge in [-0.25, -0.2) is 0 Å². The van der Waals surface area contributed by atoms with Crippen LogP contribution in [-0.4, -0.2) is 24.3 Å². The van der Waals surface area contributed by atoms with Crippen LogP contribution in [0.25, 0.3) is 0 Å². The Morgan fingerprint density at radius 2 is 1.44 bits per heavy atom. The summed E-state index contributed by atoms with van der Waals surface area (Å²) in [5, 5.41) is 13.0. The summed E-state index contributed by atoms with van der Waals surface area (Å²) in [6.07, 6.45) is 11.7. The summed E-state index contributed by atoms with van der Waals surface area (Å²) >= 11 is 0. The van der Waals surface area contributed by atoms with Crippen LogP contribution in [0.4, 0.5) is 0 Å². The molecule has 1 atom stereocenters. The zero-order chi connectivity index (χ0) is 13.6. The predicted molar refractivity (Wildman–Crippen MR) is 80.9 cm³/mol. The van der Waals surface area contributed by atoms with E-state index in [0.717, 1.165) is 19.5 Å². The van der Waals surface area contributed by atoms with Crippen LogP contribution in [0.1, 0.15) is 78.6 Å². The molecule has 0 heterocycles. The molecule has 2 N–H and O–H groups in total. The largest absolute Gasteiger partial charge is 0.392 e. The first-order valence-electron chi connectivity index (χ1n) is 8.05. The number of hydrogen-bond donors (Lipinski definition) is 2. The third-order valence-electron chi connectivity index (χ3n) is 3.33. The highest BCUT2D eigenvalue weighted by Crippen LogP contribution is 2.08. The molecule has 0 bridgehead atoms. The van der Waals surface area contributed by atoms with Crippen molar-refractivity contribution in [2.24, 2.45) is 5.92 Å². The van der Waals surface area contributed by atoms with E-state index >= 15 is 0 Å². The Kier molecular flexibility index (Phi) is 13.3. The van der Waals surface area contributed by atoms with Gasteiger partial charge in [-0.05, 0) is 25.3 Å². The van der Waals surface area contributed by atoms with Crippen LogP contribution < -0.4 is 5.32 Å². The van der Waals surface area contributed by atoms with E-state index in [9.17, 15) is 5.11 Å². The zero-order valence-electron chi connectivity index (χ0n) is 12.9. The van der Waals surface area contributed by atoms with E-state index in [2.05, 4.69) is 26.1 Å². The van der Waals surface area contributed by atoms with Gasteiger partial charge in [0.15, 0.2) is 0 Å². The van der Waals surface area contributed by atoms with Gasteiger partial charge in [-0.3, -0.25) is 0 Å². The second-order valence-corrected chi connectivity index (χ2v) is 5.96. The molecule has 110 valence electrons. The summed E-state index contributed by atoms with van der Waals surface area (Å²) < 4.78 is 0. The van der Waals surface area contributed by atoms with Crippen LogP contribution >= 0.6 is 0 Å². The van der Waals surface area contributed by atoms with Crippen LogP contribution in [-0.2, 0) is 0 Å². The Balaban J connectivity index is 3.07. The molecule has 0 amide bonds. The van der Waals surface area contributed by atoms with E-state index in [1.54, 1.807) is 0 Å². The van der Waals surface area contributed by atoms with Crippen molar-refractivity contribution >= 4 is 0 Å². The average Bonchev–Trinajstić information content (AvgIpc) is 2.30. The molecule has 18 heavy (non-hydrogen) atoms. The van der Waals surface area contributed by atoms with Crippen molar-refractivity contribution in [2.75, 3.05) is 13.1 Å². The number of hydrogen-bond acceptors (Lipinski definition) is 2. The van der Waals surface area contributed by atoms with Crippen molar-refractivity contribution in [1.29, 1.82) is 0 Å². The van der Waals surface area contributed by atoms with Gasteiger partial charge in [0.25, 0.3) is 0 Å². The summed E-state index contributed by atoms with van der Waals surface area (Å²) in [4.78, 5) is 0. The Bertz CT molecular complexity index is 159. The summed E-state index contributed by atoms with van der Waals surface area (Å²) in [5.41, 5.74) is 0. The number of unbranched alkanes of at least 4 members (excludes halogenated alkanes) is 7. The van der Waals surface area contributed by atoms with Crippen molar-refractivity contribution in [1.82, 2.24) is 5.32 Å². The lowest BCUT2D eigenvalue weighted by atomic mass is 10.1. The van der Waals surface area contributed by atoms with Crippen molar-refractivity contribution < 1.29 is 5.11 Å². The number of aliphatic hydroxyl groups is 1. The molecule has 0 saturated heterocycles. The van der Waals surface area contributed by atoms with Crippen LogP contribution in [0, 0.1) is 5.92 Å². The molecule has 2 nitrogen and oxygen atoms in total. The summed E-state index contributed by atoms with van der Waals surface area (Å²) in [6.45, 7) is 8.39. The zero-order valence-corrected chi connectivity index (χ0v) is 12.9. The van der Waals surface area contributed by atoms with Gasteiger partial charge in [0.2, 0.25) is 0 Å². The molecule has 0 aliphatic carbocycles. The van der Waals surface area contributed by atoms with Crippen LogP contribution in [0.5, 0.6) is 0 Å². The second kappa shape index (κ2) is 13.4. The highest BCUT2D eigenvalue weighted by atomic mass is 16.3. The summed E-state index contributed by atoms with van der Waals surface area (Å²) in [6, 6.07) is 0. The molecule has 1 unspecified atom stereocenters. The molecular formula is C16H35NO. The quantitative estimate of drug-likeness (QED) is 0.486. The Hall–Kier alpha value is -0.0800. The molecule has 0 aromatic carbocycles. The smallest absolute Gasteiger partial charge is 0.0667 e. The van der Waals surface area contributed by atoms with Crippen molar-refractivity contribution in [3.8, 4) is 0 Å². The average molecular weight is 257 g/mol. The monoisotopic (exact) mass is 257 g/mol. The predicted octanol–water partition coefficient (Wildman–Crippen LogP) is 4.12.